The fourth-order valence-electron chi connectivity index (χ4n) is 2.12. The predicted octanol–water partition coefficient (Wildman–Crippen LogP) is 4.51. The van der Waals surface area contributed by atoms with Gasteiger partial charge in [-0.3, -0.25) is 4.79 Å². The molecule has 122 valence electrons. The largest absolute Gasteiger partial charge is 0.479 e. The van der Waals surface area contributed by atoms with Gasteiger partial charge in [-0.05, 0) is 43.5 Å². The van der Waals surface area contributed by atoms with E-state index in [1.54, 1.807) is 19.1 Å². The van der Waals surface area contributed by atoms with Crippen LogP contribution in [0.25, 0.3) is 0 Å². The SMILES string of the molecule is C[C@@H](Oc1ccccc1Cl)C(=O)NCCCc1ccccc1Cl. The first-order valence-corrected chi connectivity index (χ1v) is 8.26. The topological polar surface area (TPSA) is 38.3 Å². The number of amides is 1. The molecule has 23 heavy (non-hydrogen) atoms. The summed E-state index contributed by atoms with van der Waals surface area (Å²) in [5.74, 6) is 0.344. The van der Waals surface area contributed by atoms with E-state index in [0.29, 0.717) is 17.3 Å². The summed E-state index contributed by atoms with van der Waals surface area (Å²) in [5, 5.41) is 4.11. The van der Waals surface area contributed by atoms with Crippen LogP contribution in [0, 0.1) is 0 Å². The third-order valence-electron chi connectivity index (χ3n) is 3.39. The molecule has 0 unspecified atom stereocenters. The number of halogens is 2. The van der Waals surface area contributed by atoms with Crippen LogP contribution >= 0.6 is 23.2 Å². The summed E-state index contributed by atoms with van der Waals surface area (Å²) in [7, 11) is 0. The standard InChI is InChI=1S/C18H19Cl2NO2/c1-13(23-17-11-5-4-10-16(17)20)18(22)21-12-6-8-14-7-2-3-9-15(14)19/h2-5,7,9-11,13H,6,8,12H2,1H3,(H,21,22)/t13-/m1/s1. The molecule has 0 aromatic heterocycles. The van der Waals surface area contributed by atoms with Crippen molar-refractivity contribution in [1.82, 2.24) is 5.32 Å². The number of hydrogen-bond donors (Lipinski definition) is 1. The van der Waals surface area contributed by atoms with Crippen LogP contribution in [0.4, 0.5) is 0 Å². The molecule has 0 radical (unpaired) electrons. The molecule has 1 N–H and O–H groups in total. The van der Waals surface area contributed by atoms with Gasteiger partial charge in [-0.25, -0.2) is 0 Å². The summed E-state index contributed by atoms with van der Waals surface area (Å²) in [4.78, 5) is 12.0. The van der Waals surface area contributed by atoms with Gasteiger partial charge in [-0.1, -0.05) is 53.5 Å². The molecule has 2 aromatic rings. The minimum absolute atomic E-state index is 0.163. The molecule has 0 aliphatic carbocycles. The first kappa shape index (κ1) is 17.6. The zero-order valence-electron chi connectivity index (χ0n) is 12.9. The van der Waals surface area contributed by atoms with Crippen molar-refractivity contribution in [3.05, 3.63) is 64.1 Å². The Morgan fingerprint density at radius 1 is 1.09 bits per heavy atom. The molecule has 0 saturated heterocycles. The Labute approximate surface area is 146 Å². The average molecular weight is 352 g/mol. The van der Waals surface area contributed by atoms with Crippen LogP contribution in [-0.4, -0.2) is 18.6 Å². The van der Waals surface area contributed by atoms with Crippen molar-refractivity contribution >= 4 is 29.1 Å². The maximum atomic E-state index is 12.0. The van der Waals surface area contributed by atoms with Crippen molar-refractivity contribution in [2.24, 2.45) is 0 Å². The molecule has 0 heterocycles. The Hall–Kier alpha value is -1.71. The summed E-state index contributed by atoms with van der Waals surface area (Å²) < 4.78 is 5.58. The van der Waals surface area contributed by atoms with Gasteiger partial charge in [0.05, 0.1) is 5.02 Å². The lowest BCUT2D eigenvalue weighted by atomic mass is 10.1. The quantitative estimate of drug-likeness (QED) is 0.745. The number of carbonyl (C=O) groups is 1. The van der Waals surface area contributed by atoms with E-state index in [1.165, 1.54) is 0 Å². The van der Waals surface area contributed by atoms with Gasteiger partial charge in [0.1, 0.15) is 5.75 Å². The van der Waals surface area contributed by atoms with E-state index in [1.807, 2.05) is 36.4 Å². The van der Waals surface area contributed by atoms with Crippen LogP contribution in [0.5, 0.6) is 5.75 Å². The van der Waals surface area contributed by atoms with Crippen LogP contribution in [0.3, 0.4) is 0 Å². The number of aryl methyl sites for hydroxylation is 1. The first-order valence-electron chi connectivity index (χ1n) is 7.50. The van der Waals surface area contributed by atoms with Crippen molar-refractivity contribution in [3.8, 4) is 5.75 Å². The van der Waals surface area contributed by atoms with Gasteiger partial charge in [0.2, 0.25) is 0 Å². The summed E-state index contributed by atoms with van der Waals surface area (Å²) in [6.07, 6.45) is 1.03. The van der Waals surface area contributed by atoms with E-state index in [4.69, 9.17) is 27.9 Å². The molecule has 2 aromatic carbocycles. The molecule has 1 amide bonds. The summed E-state index contributed by atoms with van der Waals surface area (Å²) in [6, 6.07) is 14.8. The van der Waals surface area contributed by atoms with Crippen LogP contribution in [0.1, 0.15) is 18.9 Å². The molecule has 0 bridgehead atoms. The Bertz CT molecular complexity index is 661. The Morgan fingerprint density at radius 2 is 1.74 bits per heavy atom. The molecule has 3 nitrogen and oxygen atoms in total. The number of benzene rings is 2. The van der Waals surface area contributed by atoms with Gasteiger partial charge in [-0.15, -0.1) is 0 Å². The molecule has 0 aliphatic heterocycles. The van der Waals surface area contributed by atoms with E-state index < -0.39 is 6.10 Å². The van der Waals surface area contributed by atoms with Crippen LogP contribution in [0.15, 0.2) is 48.5 Å². The lowest BCUT2D eigenvalue weighted by Gasteiger charge is -2.15. The predicted molar refractivity (Wildman–Crippen MR) is 94.3 cm³/mol. The fraction of sp³-hybridized carbons (Fsp3) is 0.278. The molecule has 5 heteroatoms. The fourth-order valence-corrected chi connectivity index (χ4v) is 2.53. The molecule has 0 fully saturated rings. The molecular weight excluding hydrogens is 333 g/mol. The second kappa shape index (κ2) is 8.80. The Kier molecular flexibility index (Phi) is 6.75. The van der Waals surface area contributed by atoms with Crippen molar-refractivity contribution in [2.75, 3.05) is 6.54 Å². The Morgan fingerprint density at radius 3 is 2.43 bits per heavy atom. The minimum Gasteiger partial charge on any atom is -0.479 e. The minimum atomic E-state index is -0.602. The maximum absolute atomic E-state index is 12.0. The van der Waals surface area contributed by atoms with Crippen LogP contribution < -0.4 is 10.1 Å². The summed E-state index contributed by atoms with van der Waals surface area (Å²) in [6.45, 7) is 2.27. The van der Waals surface area contributed by atoms with E-state index in [-0.39, 0.29) is 5.91 Å². The molecule has 1 atom stereocenters. The smallest absolute Gasteiger partial charge is 0.260 e. The van der Waals surface area contributed by atoms with Gasteiger partial charge < -0.3 is 10.1 Å². The van der Waals surface area contributed by atoms with Gasteiger partial charge in [0, 0.05) is 11.6 Å². The van der Waals surface area contributed by atoms with Crippen molar-refractivity contribution < 1.29 is 9.53 Å². The van der Waals surface area contributed by atoms with Gasteiger partial charge in [-0.2, -0.15) is 0 Å². The molecule has 2 rings (SSSR count). The maximum Gasteiger partial charge on any atom is 0.260 e. The second-order valence-corrected chi connectivity index (χ2v) is 5.99. The van der Waals surface area contributed by atoms with E-state index in [2.05, 4.69) is 5.32 Å². The number of rotatable bonds is 7. The highest BCUT2D eigenvalue weighted by molar-refractivity contribution is 6.32. The second-order valence-electron chi connectivity index (χ2n) is 5.18. The highest BCUT2D eigenvalue weighted by Gasteiger charge is 2.15. The number of carbonyl (C=O) groups excluding carboxylic acids is 1. The van der Waals surface area contributed by atoms with Crippen LogP contribution in [0.2, 0.25) is 10.0 Å². The average Bonchev–Trinajstić information content (AvgIpc) is 2.55. The van der Waals surface area contributed by atoms with Gasteiger partial charge >= 0.3 is 0 Å². The Balaban J connectivity index is 1.74. The highest BCUT2D eigenvalue weighted by atomic mass is 35.5. The van der Waals surface area contributed by atoms with E-state index in [0.717, 1.165) is 23.4 Å². The number of nitrogens with one attached hydrogen (secondary N) is 1. The van der Waals surface area contributed by atoms with Crippen molar-refractivity contribution in [3.63, 3.8) is 0 Å². The number of ether oxygens (including phenoxy) is 1. The molecule has 0 spiro atoms. The number of hydrogen-bond acceptors (Lipinski definition) is 2. The number of para-hydroxylation sites is 1. The lowest BCUT2D eigenvalue weighted by molar-refractivity contribution is -0.127. The normalized spacial score (nSPS) is 11.8. The third kappa shape index (κ3) is 5.45. The van der Waals surface area contributed by atoms with Gasteiger partial charge in [0.25, 0.3) is 5.91 Å². The zero-order valence-corrected chi connectivity index (χ0v) is 14.4. The van der Waals surface area contributed by atoms with E-state index >= 15 is 0 Å². The van der Waals surface area contributed by atoms with E-state index in [9.17, 15) is 4.79 Å². The van der Waals surface area contributed by atoms with Crippen molar-refractivity contribution in [1.29, 1.82) is 0 Å². The first-order chi connectivity index (χ1) is 11.1. The van der Waals surface area contributed by atoms with Gasteiger partial charge in [0.15, 0.2) is 6.10 Å². The monoisotopic (exact) mass is 351 g/mol. The zero-order chi connectivity index (χ0) is 16.7. The summed E-state index contributed by atoms with van der Waals surface area (Å²) >= 11 is 12.1. The highest BCUT2D eigenvalue weighted by Crippen LogP contribution is 2.24. The van der Waals surface area contributed by atoms with Crippen molar-refractivity contribution in [2.45, 2.75) is 25.9 Å². The third-order valence-corrected chi connectivity index (χ3v) is 4.07. The molecule has 0 saturated carbocycles. The summed E-state index contributed by atoms with van der Waals surface area (Å²) in [5.41, 5.74) is 1.09. The molecule has 0 aliphatic rings. The molecular formula is C18H19Cl2NO2. The van der Waals surface area contributed by atoms with Crippen LogP contribution in [-0.2, 0) is 11.2 Å². The lowest BCUT2D eigenvalue weighted by Crippen LogP contribution is -2.37.